The van der Waals surface area contributed by atoms with Crippen molar-refractivity contribution in [3.8, 4) is 0 Å². The van der Waals surface area contributed by atoms with Crippen LogP contribution in [0.2, 0.25) is 0 Å². The molecule has 0 atom stereocenters. The largest absolute Gasteiger partial charge is 0.311 e. The molecule has 0 spiro atoms. The van der Waals surface area contributed by atoms with Gasteiger partial charge in [-0.2, -0.15) is 0 Å². The number of hydrogen-bond acceptors (Lipinski definition) is 1. The van der Waals surface area contributed by atoms with E-state index in [4.69, 9.17) is 0 Å². The van der Waals surface area contributed by atoms with Crippen molar-refractivity contribution in [3.05, 3.63) is 0 Å². The maximum absolute atomic E-state index is 3.94. The predicted molar refractivity (Wildman–Crippen MR) is 77.5 cm³/mol. The quantitative estimate of drug-likeness (QED) is 0.613. The highest BCUT2D eigenvalue weighted by Crippen LogP contribution is 2.30. The molecule has 1 aliphatic carbocycles. The van der Waals surface area contributed by atoms with Crippen molar-refractivity contribution in [1.29, 1.82) is 0 Å². The second-order valence-electron chi connectivity index (χ2n) is 5.93. The van der Waals surface area contributed by atoms with E-state index in [1.165, 1.54) is 83.6 Å². The summed E-state index contributed by atoms with van der Waals surface area (Å²) >= 11 is 0. The lowest BCUT2D eigenvalue weighted by atomic mass is 9.80. The summed E-state index contributed by atoms with van der Waals surface area (Å²) in [4.78, 5) is 0. The molecule has 0 heterocycles. The summed E-state index contributed by atoms with van der Waals surface area (Å²) in [5, 5.41) is 3.94. The van der Waals surface area contributed by atoms with Gasteiger partial charge in [0.1, 0.15) is 0 Å². The molecule has 0 saturated heterocycles. The van der Waals surface area contributed by atoms with Crippen LogP contribution in [0, 0.1) is 0 Å². The lowest BCUT2D eigenvalue weighted by molar-refractivity contribution is 0.227. The number of nitrogens with one attached hydrogen (secondary N) is 1. The van der Waals surface area contributed by atoms with Gasteiger partial charge in [0.25, 0.3) is 0 Å². The van der Waals surface area contributed by atoms with E-state index in [0.717, 1.165) is 0 Å². The van der Waals surface area contributed by atoms with Crippen LogP contribution in [-0.4, -0.2) is 12.1 Å². The minimum atomic E-state index is 0.506. The van der Waals surface area contributed by atoms with Gasteiger partial charge in [0.05, 0.1) is 0 Å². The zero-order valence-electron chi connectivity index (χ0n) is 12.2. The Hall–Kier alpha value is -0.0400. The van der Waals surface area contributed by atoms with Gasteiger partial charge in [-0.05, 0) is 32.2 Å². The molecule has 1 N–H and O–H groups in total. The van der Waals surface area contributed by atoms with Crippen LogP contribution in [-0.2, 0) is 0 Å². The number of unbranched alkanes of at least 4 members (excludes halogenated alkanes) is 2. The summed E-state index contributed by atoms with van der Waals surface area (Å²) in [6.07, 6.45) is 17.0. The molecule has 0 aromatic heterocycles. The standard InChI is InChI=1S/C16H33N/c1-3-5-12-16(17-15-6-4-2)13-10-8-7-9-11-14-16/h17H,3-15H2,1-2H3. The fraction of sp³-hybridized carbons (Fsp3) is 1.00. The molecular formula is C16H33N. The summed E-state index contributed by atoms with van der Waals surface area (Å²) in [6.45, 7) is 5.85. The lowest BCUT2D eigenvalue weighted by Gasteiger charge is -2.37. The second-order valence-corrected chi connectivity index (χ2v) is 5.93. The summed E-state index contributed by atoms with van der Waals surface area (Å²) in [5.74, 6) is 0. The highest BCUT2D eigenvalue weighted by atomic mass is 15.0. The van der Waals surface area contributed by atoms with Crippen molar-refractivity contribution < 1.29 is 0 Å². The predicted octanol–water partition coefficient (Wildman–Crippen LogP) is 5.05. The van der Waals surface area contributed by atoms with Crippen molar-refractivity contribution >= 4 is 0 Å². The van der Waals surface area contributed by atoms with Crippen LogP contribution in [0.3, 0.4) is 0 Å². The smallest absolute Gasteiger partial charge is 0.0181 e. The average Bonchev–Trinajstić information content (AvgIpc) is 2.31. The van der Waals surface area contributed by atoms with Crippen LogP contribution >= 0.6 is 0 Å². The van der Waals surface area contributed by atoms with Gasteiger partial charge in [-0.15, -0.1) is 0 Å². The molecule has 1 aliphatic rings. The zero-order valence-corrected chi connectivity index (χ0v) is 12.2. The SMILES string of the molecule is CCCCNC1(CCCC)CCCCCCC1. The summed E-state index contributed by atoms with van der Waals surface area (Å²) < 4.78 is 0. The van der Waals surface area contributed by atoms with Gasteiger partial charge >= 0.3 is 0 Å². The van der Waals surface area contributed by atoms with Crippen molar-refractivity contribution in [2.24, 2.45) is 0 Å². The molecule has 0 amide bonds. The van der Waals surface area contributed by atoms with E-state index < -0.39 is 0 Å². The lowest BCUT2D eigenvalue weighted by Crippen LogP contribution is -2.46. The molecule has 0 aromatic rings. The van der Waals surface area contributed by atoms with E-state index in [2.05, 4.69) is 19.2 Å². The third kappa shape index (κ3) is 5.90. The fourth-order valence-electron chi connectivity index (χ4n) is 3.14. The Bertz CT molecular complexity index is 163. The second kappa shape index (κ2) is 8.97. The Labute approximate surface area is 109 Å². The van der Waals surface area contributed by atoms with Crippen molar-refractivity contribution in [2.75, 3.05) is 6.54 Å². The van der Waals surface area contributed by atoms with Crippen molar-refractivity contribution in [3.63, 3.8) is 0 Å². The molecule has 1 fully saturated rings. The summed E-state index contributed by atoms with van der Waals surface area (Å²) in [5.41, 5.74) is 0.506. The van der Waals surface area contributed by atoms with Gasteiger partial charge in [0, 0.05) is 5.54 Å². The van der Waals surface area contributed by atoms with Gasteiger partial charge in [-0.25, -0.2) is 0 Å². The van der Waals surface area contributed by atoms with E-state index >= 15 is 0 Å². The first-order valence-corrected chi connectivity index (χ1v) is 8.08. The zero-order chi connectivity index (χ0) is 12.4. The van der Waals surface area contributed by atoms with Crippen LogP contribution in [0.5, 0.6) is 0 Å². The highest BCUT2D eigenvalue weighted by molar-refractivity contribution is 4.88. The Morgan fingerprint density at radius 3 is 2.00 bits per heavy atom. The van der Waals surface area contributed by atoms with Gasteiger partial charge in [0.15, 0.2) is 0 Å². The third-order valence-electron chi connectivity index (χ3n) is 4.35. The van der Waals surface area contributed by atoms with Crippen LogP contribution in [0.4, 0.5) is 0 Å². The first-order valence-electron chi connectivity index (χ1n) is 8.08. The Balaban J connectivity index is 2.47. The van der Waals surface area contributed by atoms with Gasteiger partial charge in [-0.3, -0.25) is 0 Å². The topological polar surface area (TPSA) is 12.0 Å². The molecule has 1 saturated carbocycles. The molecular weight excluding hydrogens is 206 g/mol. The van der Waals surface area contributed by atoms with Crippen molar-refractivity contribution in [2.45, 2.75) is 96.4 Å². The van der Waals surface area contributed by atoms with Crippen LogP contribution in [0.15, 0.2) is 0 Å². The van der Waals surface area contributed by atoms with E-state index in [-0.39, 0.29) is 0 Å². The monoisotopic (exact) mass is 239 g/mol. The molecule has 1 heteroatoms. The molecule has 17 heavy (non-hydrogen) atoms. The van der Waals surface area contributed by atoms with E-state index in [9.17, 15) is 0 Å². The van der Waals surface area contributed by atoms with Gasteiger partial charge in [-0.1, -0.05) is 65.2 Å². The number of rotatable bonds is 7. The minimum absolute atomic E-state index is 0.506. The van der Waals surface area contributed by atoms with Gasteiger partial charge < -0.3 is 5.32 Å². The Morgan fingerprint density at radius 2 is 1.41 bits per heavy atom. The molecule has 0 aromatic carbocycles. The molecule has 0 unspecified atom stereocenters. The minimum Gasteiger partial charge on any atom is -0.311 e. The molecule has 0 aliphatic heterocycles. The molecule has 0 bridgehead atoms. The maximum Gasteiger partial charge on any atom is 0.0181 e. The van der Waals surface area contributed by atoms with E-state index in [0.29, 0.717) is 5.54 Å². The maximum atomic E-state index is 3.94. The Kier molecular flexibility index (Phi) is 7.92. The molecule has 102 valence electrons. The van der Waals surface area contributed by atoms with Crippen LogP contribution < -0.4 is 5.32 Å². The molecule has 1 rings (SSSR count). The number of hydrogen-bond donors (Lipinski definition) is 1. The fourth-order valence-corrected chi connectivity index (χ4v) is 3.14. The van der Waals surface area contributed by atoms with Crippen molar-refractivity contribution in [1.82, 2.24) is 5.32 Å². The first kappa shape index (κ1) is 15.0. The first-order chi connectivity index (χ1) is 8.33. The highest BCUT2D eigenvalue weighted by Gasteiger charge is 2.28. The third-order valence-corrected chi connectivity index (χ3v) is 4.35. The van der Waals surface area contributed by atoms with E-state index in [1.54, 1.807) is 0 Å². The van der Waals surface area contributed by atoms with E-state index in [1.807, 2.05) is 0 Å². The van der Waals surface area contributed by atoms with Crippen LogP contribution in [0.1, 0.15) is 90.9 Å². The molecule has 0 radical (unpaired) electrons. The van der Waals surface area contributed by atoms with Gasteiger partial charge in [0.2, 0.25) is 0 Å². The normalized spacial score (nSPS) is 20.8. The summed E-state index contributed by atoms with van der Waals surface area (Å²) in [7, 11) is 0. The molecule has 1 nitrogen and oxygen atoms in total. The Morgan fingerprint density at radius 1 is 0.824 bits per heavy atom. The summed E-state index contributed by atoms with van der Waals surface area (Å²) in [6, 6.07) is 0. The van der Waals surface area contributed by atoms with Crippen LogP contribution in [0.25, 0.3) is 0 Å². The average molecular weight is 239 g/mol.